The highest BCUT2D eigenvalue weighted by Gasteiger charge is 2.12. The van der Waals surface area contributed by atoms with Gasteiger partial charge in [-0.15, -0.1) is 0 Å². The highest BCUT2D eigenvalue weighted by molar-refractivity contribution is 6.00. The van der Waals surface area contributed by atoms with E-state index in [4.69, 9.17) is 9.47 Å². The van der Waals surface area contributed by atoms with Crippen LogP contribution in [0.15, 0.2) is 42.6 Å². The van der Waals surface area contributed by atoms with Crippen molar-refractivity contribution in [3.8, 4) is 11.5 Å². The minimum atomic E-state index is 0.279. The van der Waals surface area contributed by atoms with Crippen molar-refractivity contribution in [3.63, 3.8) is 0 Å². The van der Waals surface area contributed by atoms with Gasteiger partial charge in [0.05, 0.1) is 18.4 Å². The third kappa shape index (κ3) is 2.83. The van der Waals surface area contributed by atoms with E-state index in [1.165, 1.54) is 0 Å². The molecule has 0 aliphatic carbocycles. The predicted molar refractivity (Wildman–Crippen MR) is 93.9 cm³/mol. The molecule has 0 spiro atoms. The maximum absolute atomic E-state index is 11.5. The Morgan fingerprint density at radius 3 is 2.67 bits per heavy atom. The number of ether oxygens (including phenoxy) is 2. The van der Waals surface area contributed by atoms with Crippen molar-refractivity contribution in [2.45, 2.75) is 20.5 Å². The number of methoxy groups -OCH3 is 1. The number of aldehydes is 1. The molecule has 0 aliphatic rings. The first-order valence-corrected chi connectivity index (χ1v) is 7.74. The number of hydrogen-bond donors (Lipinski definition) is 0. The van der Waals surface area contributed by atoms with E-state index in [2.05, 4.69) is 4.98 Å². The Bertz CT molecular complexity index is 903. The molecule has 0 bridgehead atoms. The molecule has 0 unspecified atom stereocenters. The van der Waals surface area contributed by atoms with E-state index in [1.54, 1.807) is 13.3 Å². The van der Waals surface area contributed by atoms with Crippen LogP contribution in [0.5, 0.6) is 11.5 Å². The van der Waals surface area contributed by atoms with Crippen LogP contribution in [0.4, 0.5) is 0 Å². The van der Waals surface area contributed by atoms with E-state index in [-0.39, 0.29) is 6.61 Å². The zero-order chi connectivity index (χ0) is 17.1. The standard InChI is InChI=1S/C20H19NO3/c1-13-10-21-18(14(2)20(13)23-3)12-24-19-9-8-15-6-4-5-7-16(15)17(19)11-22/h4-11H,12H2,1-3H3. The van der Waals surface area contributed by atoms with Gasteiger partial charge in [0.25, 0.3) is 0 Å². The van der Waals surface area contributed by atoms with Gasteiger partial charge in [-0.3, -0.25) is 9.78 Å². The van der Waals surface area contributed by atoms with Crippen LogP contribution in [-0.2, 0) is 6.61 Å². The second-order valence-corrected chi connectivity index (χ2v) is 5.65. The number of carbonyl (C=O) groups excluding carboxylic acids is 1. The third-order valence-electron chi connectivity index (χ3n) is 4.16. The Morgan fingerprint density at radius 1 is 1.12 bits per heavy atom. The first-order chi connectivity index (χ1) is 11.7. The number of fused-ring (bicyclic) bond motifs is 1. The first kappa shape index (κ1) is 16.0. The molecule has 0 saturated heterocycles. The van der Waals surface area contributed by atoms with Crippen molar-refractivity contribution in [2.24, 2.45) is 0 Å². The minimum absolute atomic E-state index is 0.279. The van der Waals surface area contributed by atoms with Crippen molar-refractivity contribution in [1.29, 1.82) is 0 Å². The molecular formula is C20H19NO3. The number of aryl methyl sites for hydroxylation is 1. The molecule has 1 aromatic heterocycles. The zero-order valence-corrected chi connectivity index (χ0v) is 14.0. The smallest absolute Gasteiger partial charge is 0.154 e. The van der Waals surface area contributed by atoms with Gasteiger partial charge in [-0.25, -0.2) is 0 Å². The topological polar surface area (TPSA) is 48.4 Å². The summed E-state index contributed by atoms with van der Waals surface area (Å²) in [5.41, 5.74) is 3.29. The lowest BCUT2D eigenvalue weighted by Crippen LogP contribution is -2.05. The van der Waals surface area contributed by atoms with Crippen molar-refractivity contribution < 1.29 is 14.3 Å². The number of nitrogens with zero attached hydrogens (tertiary/aromatic N) is 1. The molecule has 24 heavy (non-hydrogen) atoms. The first-order valence-electron chi connectivity index (χ1n) is 7.74. The predicted octanol–water partition coefficient (Wildman–Crippen LogP) is 4.25. The van der Waals surface area contributed by atoms with Gasteiger partial charge < -0.3 is 9.47 Å². The highest BCUT2D eigenvalue weighted by Crippen LogP contribution is 2.29. The quantitative estimate of drug-likeness (QED) is 0.659. The van der Waals surface area contributed by atoms with E-state index >= 15 is 0 Å². The van der Waals surface area contributed by atoms with E-state index in [1.807, 2.05) is 50.2 Å². The molecule has 0 atom stereocenters. The fourth-order valence-electron chi connectivity index (χ4n) is 2.89. The Labute approximate surface area is 141 Å². The molecule has 1 heterocycles. The summed E-state index contributed by atoms with van der Waals surface area (Å²) < 4.78 is 11.3. The van der Waals surface area contributed by atoms with Gasteiger partial charge in [-0.2, -0.15) is 0 Å². The van der Waals surface area contributed by atoms with Gasteiger partial charge in [-0.1, -0.05) is 30.3 Å². The molecule has 3 rings (SSSR count). The van der Waals surface area contributed by atoms with Gasteiger partial charge in [0.2, 0.25) is 0 Å². The van der Waals surface area contributed by atoms with Crippen LogP contribution in [0.25, 0.3) is 10.8 Å². The molecule has 4 heteroatoms. The molecule has 0 N–H and O–H groups in total. The number of aromatic nitrogens is 1. The molecule has 0 aliphatic heterocycles. The van der Waals surface area contributed by atoms with E-state index in [0.717, 1.165) is 39.6 Å². The fourth-order valence-corrected chi connectivity index (χ4v) is 2.89. The summed E-state index contributed by atoms with van der Waals surface area (Å²) in [6, 6.07) is 11.5. The van der Waals surface area contributed by atoms with E-state index < -0.39 is 0 Å². The second kappa shape index (κ2) is 6.71. The number of carbonyl (C=O) groups is 1. The molecule has 0 amide bonds. The van der Waals surface area contributed by atoms with Crippen LogP contribution in [0.3, 0.4) is 0 Å². The summed E-state index contributed by atoms with van der Waals surface area (Å²) in [5.74, 6) is 1.38. The number of pyridine rings is 1. The molecule has 122 valence electrons. The summed E-state index contributed by atoms with van der Waals surface area (Å²) in [6.45, 7) is 4.19. The highest BCUT2D eigenvalue weighted by atomic mass is 16.5. The van der Waals surface area contributed by atoms with Gasteiger partial charge in [0, 0.05) is 17.3 Å². The molecule has 2 aromatic carbocycles. The van der Waals surface area contributed by atoms with Crippen LogP contribution < -0.4 is 9.47 Å². The van der Waals surface area contributed by atoms with Crippen molar-refractivity contribution in [1.82, 2.24) is 4.98 Å². The number of hydrogen-bond acceptors (Lipinski definition) is 4. The lowest BCUT2D eigenvalue weighted by molar-refractivity contribution is 0.112. The van der Waals surface area contributed by atoms with Crippen LogP contribution in [-0.4, -0.2) is 18.4 Å². The third-order valence-corrected chi connectivity index (χ3v) is 4.16. The monoisotopic (exact) mass is 321 g/mol. The van der Waals surface area contributed by atoms with E-state index in [0.29, 0.717) is 11.3 Å². The van der Waals surface area contributed by atoms with Crippen LogP contribution in [0.2, 0.25) is 0 Å². The largest absolute Gasteiger partial charge is 0.496 e. The molecule has 0 saturated carbocycles. The molecule has 0 fully saturated rings. The lowest BCUT2D eigenvalue weighted by Gasteiger charge is -2.14. The molecular weight excluding hydrogens is 302 g/mol. The summed E-state index contributed by atoms with van der Waals surface area (Å²) in [4.78, 5) is 16.0. The molecule has 3 aromatic rings. The molecule has 4 nitrogen and oxygen atoms in total. The number of rotatable bonds is 5. The fraction of sp³-hybridized carbons (Fsp3) is 0.200. The maximum atomic E-state index is 11.5. The Morgan fingerprint density at radius 2 is 1.92 bits per heavy atom. The average molecular weight is 321 g/mol. The van der Waals surface area contributed by atoms with Crippen molar-refractivity contribution in [3.05, 3.63) is 65.0 Å². The van der Waals surface area contributed by atoms with Crippen molar-refractivity contribution >= 4 is 17.1 Å². The SMILES string of the molecule is COc1c(C)cnc(COc2ccc3ccccc3c2C=O)c1C. The van der Waals surface area contributed by atoms with Crippen LogP contribution in [0.1, 0.15) is 27.2 Å². The normalized spacial score (nSPS) is 10.6. The van der Waals surface area contributed by atoms with Gasteiger partial charge >= 0.3 is 0 Å². The van der Waals surface area contributed by atoms with Gasteiger partial charge in [0.15, 0.2) is 6.29 Å². The Hall–Kier alpha value is -2.88. The summed E-state index contributed by atoms with van der Waals surface area (Å²) in [5, 5.41) is 1.90. The summed E-state index contributed by atoms with van der Waals surface area (Å²) in [7, 11) is 1.65. The van der Waals surface area contributed by atoms with Crippen LogP contribution >= 0.6 is 0 Å². The molecule has 0 radical (unpaired) electrons. The Kier molecular flexibility index (Phi) is 4.47. The Balaban J connectivity index is 1.93. The lowest BCUT2D eigenvalue weighted by atomic mass is 10.0. The van der Waals surface area contributed by atoms with Crippen molar-refractivity contribution in [2.75, 3.05) is 7.11 Å². The number of benzene rings is 2. The summed E-state index contributed by atoms with van der Waals surface area (Å²) >= 11 is 0. The minimum Gasteiger partial charge on any atom is -0.496 e. The van der Waals surface area contributed by atoms with Gasteiger partial charge in [-0.05, 0) is 30.7 Å². The average Bonchev–Trinajstić information content (AvgIpc) is 2.61. The zero-order valence-electron chi connectivity index (χ0n) is 14.0. The van der Waals surface area contributed by atoms with E-state index in [9.17, 15) is 4.79 Å². The maximum Gasteiger partial charge on any atom is 0.154 e. The second-order valence-electron chi connectivity index (χ2n) is 5.65. The summed E-state index contributed by atoms with van der Waals surface area (Å²) in [6.07, 6.45) is 2.61. The van der Waals surface area contributed by atoms with Crippen LogP contribution in [0, 0.1) is 13.8 Å². The van der Waals surface area contributed by atoms with Gasteiger partial charge in [0.1, 0.15) is 18.1 Å².